The van der Waals surface area contributed by atoms with Crippen LogP contribution >= 0.6 is 0 Å². The Morgan fingerprint density at radius 2 is 1.61 bits per heavy atom. The van der Waals surface area contributed by atoms with Gasteiger partial charge in [-0.2, -0.15) is 0 Å². The molecule has 0 aromatic heterocycles. The minimum absolute atomic E-state index is 0.119. The van der Waals surface area contributed by atoms with Crippen LogP contribution in [0.1, 0.15) is 25.3 Å². The molecule has 8 nitrogen and oxygen atoms in total. The summed E-state index contributed by atoms with van der Waals surface area (Å²) in [5, 5.41) is 5.75. The lowest BCUT2D eigenvalue weighted by molar-refractivity contribution is -0.123. The topological polar surface area (TPSA) is 91.0 Å². The smallest absolute Gasteiger partial charge is 0.326 e. The number of hydrogen-bond acceptors (Lipinski definition) is 4. The highest BCUT2D eigenvalue weighted by Gasteiger charge is 2.33. The van der Waals surface area contributed by atoms with E-state index in [2.05, 4.69) is 10.6 Å². The van der Waals surface area contributed by atoms with E-state index in [1.807, 2.05) is 44.2 Å². The van der Waals surface area contributed by atoms with Crippen LogP contribution < -0.4 is 25.2 Å². The van der Waals surface area contributed by atoms with Crippen molar-refractivity contribution >= 4 is 34.9 Å². The lowest BCUT2D eigenvalue weighted by atomic mass is 10.0. The first kappa shape index (κ1) is 24.8. The van der Waals surface area contributed by atoms with Gasteiger partial charge in [0.25, 0.3) is 0 Å². The number of fused-ring (bicyclic) bond motifs is 1. The van der Waals surface area contributed by atoms with Crippen LogP contribution in [0.3, 0.4) is 0 Å². The molecule has 36 heavy (non-hydrogen) atoms. The molecule has 1 aliphatic heterocycles. The van der Waals surface area contributed by atoms with Crippen molar-refractivity contribution in [3.8, 4) is 5.75 Å². The van der Waals surface area contributed by atoms with Gasteiger partial charge in [0.2, 0.25) is 11.8 Å². The fraction of sp³-hybridized carbons (Fsp3) is 0.250. The highest BCUT2D eigenvalue weighted by atomic mass is 16.5. The van der Waals surface area contributed by atoms with E-state index in [4.69, 9.17) is 4.74 Å². The number of ether oxygens (including phenoxy) is 1. The minimum atomic E-state index is -0.430. The molecule has 8 heteroatoms. The fourth-order valence-electron chi connectivity index (χ4n) is 4.07. The molecule has 0 spiro atoms. The van der Waals surface area contributed by atoms with Gasteiger partial charge in [-0.1, -0.05) is 49.4 Å². The van der Waals surface area contributed by atoms with Crippen molar-refractivity contribution in [2.24, 2.45) is 0 Å². The Kier molecular flexibility index (Phi) is 7.85. The van der Waals surface area contributed by atoms with E-state index in [9.17, 15) is 14.4 Å². The van der Waals surface area contributed by atoms with Gasteiger partial charge in [0.1, 0.15) is 18.8 Å². The van der Waals surface area contributed by atoms with Crippen molar-refractivity contribution in [2.75, 3.05) is 41.4 Å². The molecular weight excluding hydrogens is 456 g/mol. The van der Waals surface area contributed by atoms with Gasteiger partial charge < -0.3 is 15.4 Å². The Balaban J connectivity index is 1.42. The molecule has 4 rings (SSSR count). The van der Waals surface area contributed by atoms with Gasteiger partial charge >= 0.3 is 6.03 Å². The van der Waals surface area contributed by atoms with Crippen LogP contribution in [0.5, 0.6) is 5.75 Å². The molecular formula is C28H30N4O4. The molecule has 0 saturated carbocycles. The zero-order valence-electron chi connectivity index (χ0n) is 20.4. The van der Waals surface area contributed by atoms with Gasteiger partial charge in [-0.25, -0.2) is 4.79 Å². The monoisotopic (exact) mass is 486 g/mol. The first-order valence-electron chi connectivity index (χ1n) is 12.0. The number of para-hydroxylation sites is 2. The normalized spacial score (nSPS) is 13.6. The molecule has 2 N–H and O–H groups in total. The quantitative estimate of drug-likeness (QED) is 0.494. The second-order valence-electron chi connectivity index (χ2n) is 8.56. The van der Waals surface area contributed by atoms with Crippen LogP contribution in [0.25, 0.3) is 0 Å². The number of carbonyl (C=O) groups excluding carboxylic acids is 3. The summed E-state index contributed by atoms with van der Waals surface area (Å²) in [6.07, 6.45) is 0. The first-order valence-corrected chi connectivity index (χ1v) is 12.0. The largest absolute Gasteiger partial charge is 0.494 e. The lowest BCUT2D eigenvalue weighted by Gasteiger charge is -2.35. The molecule has 1 heterocycles. The second-order valence-corrected chi connectivity index (χ2v) is 8.56. The van der Waals surface area contributed by atoms with Crippen molar-refractivity contribution in [2.45, 2.75) is 19.8 Å². The summed E-state index contributed by atoms with van der Waals surface area (Å²) in [5.41, 5.74) is 2.79. The highest BCUT2D eigenvalue weighted by Crippen LogP contribution is 2.33. The summed E-state index contributed by atoms with van der Waals surface area (Å²) in [7, 11) is 0. The number of benzene rings is 3. The molecule has 0 aliphatic carbocycles. The minimum Gasteiger partial charge on any atom is -0.494 e. The maximum absolute atomic E-state index is 13.1. The second kappa shape index (κ2) is 11.4. The number of hydrogen-bond donors (Lipinski definition) is 2. The molecule has 0 saturated heterocycles. The zero-order valence-corrected chi connectivity index (χ0v) is 20.4. The molecule has 3 aromatic rings. The van der Waals surface area contributed by atoms with Crippen LogP contribution in [0, 0.1) is 0 Å². The van der Waals surface area contributed by atoms with E-state index in [1.165, 1.54) is 9.80 Å². The molecule has 1 aliphatic rings. The summed E-state index contributed by atoms with van der Waals surface area (Å²) in [6, 6.07) is 23.6. The summed E-state index contributed by atoms with van der Waals surface area (Å²) in [6.45, 7) is 4.66. The van der Waals surface area contributed by atoms with Crippen molar-refractivity contribution in [3.63, 3.8) is 0 Å². The third kappa shape index (κ3) is 5.83. The fourth-order valence-corrected chi connectivity index (χ4v) is 4.07. The van der Waals surface area contributed by atoms with Gasteiger partial charge in [0.15, 0.2) is 0 Å². The van der Waals surface area contributed by atoms with Gasteiger partial charge in [-0.15, -0.1) is 0 Å². The van der Waals surface area contributed by atoms with E-state index in [1.54, 1.807) is 48.5 Å². The summed E-state index contributed by atoms with van der Waals surface area (Å²) >= 11 is 0. The Bertz CT molecular complexity index is 1210. The van der Waals surface area contributed by atoms with Crippen LogP contribution in [0.4, 0.5) is 21.9 Å². The highest BCUT2D eigenvalue weighted by molar-refractivity contribution is 6.15. The number of rotatable bonds is 8. The molecule has 4 amide bonds. The molecule has 1 atom stereocenters. The standard InChI is InChI=1S/C28H30N4O4/c1-3-36-23-15-13-22(14-16-23)30-28(35)32-19-27(34)31(24-11-7-8-12-25(24)32)18-26(33)29-17-20(2)21-9-5-4-6-10-21/h4-16,20H,3,17-19H2,1-2H3,(H,29,33)(H,30,35)/t20-/m1/s1. The third-order valence-corrected chi connectivity index (χ3v) is 6.00. The van der Waals surface area contributed by atoms with Crippen LogP contribution in [0.2, 0.25) is 0 Å². The van der Waals surface area contributed by atoms with E-state index in [0.29, 0.717) is 36.0 Å². The van der Waals surface area contributed by atoms with E-state index in [-0.39, 0.29) is 30.8 Å². The third-order valence-electron chi connectivity index (χ3n) is 6.00. The lowest BCUT2D eigenvalue weighted by Crippen LogP contribution is -2.52. The van der Waals surface area contributed by atoms with Crippen LogP contribution in [-0.2, 0) is 9.59 Å². The predicted octanol–water partition coefficient (Wildman–Crippen LogP) is 4.39. The van der Waals surface area contributed by atoms with Crippen molar-refractivity contribution < 1.29 is 19.1 Å². The van der Waals surface area contributed by atoms with Crippen molar-refractivity contribution in [3.05, 3.63) is 84.4 Å². The van der Waals surface area contributed by atoms with Gasteiger partial charge in [0.05, 0.1) is 18.0 Å². The molecule has 0 fully saturated rings. The van der Waals surface area contributed by atoms with E-state index in [0.717, 1.165) is 5.56 Å². The van der Waals surface area contributed by atoms with E-state index >= 15 is 0 Å². The summed E-state index contributed by atoms with van der Waals surface area (Å²) < 4.78 is 5.43. The molecule has 0 radical (unpaired) electrons. The summed E-state index contributed by atoms with van der Waals surface area (Å²) in [5.74, 6) is 0.261. The molecule has 3 aromatic carbocycles. The van der Waals surface area contributed by atoms with Crippen LogP contribution in [0.15, 0.2) is 78.9 Å². The maximum Gasteiger partial charge on any atom is 0.326 e. The van der Waals surface area contributed by atoms with Crippen molar-refractivity contribution in [1.82, 2.24) is 5.32 Å². The number of nitrogens with one attached hydrogen (secondary N) is 2. The SMILES string of the molecule is CCOc1ccc(NC(=O)N2CC(=O)N(CC(=O)NC[C@@H](C)c3ccccc3)c3ccccc32)cc1. The predicted molar refractivity (Wildman–Crippen MR) is 141 cm³/mol. The number of urea groups is 1. The Morgan fingerprint density at radius 1 is 0.944 bits per heavy atom. The average Bonchev–Trinajstić information content (AvgIpc) is 2.90. The number of carbonyl (C=O) groups is 3. The van der Waals surface area contributed by atoms with Gasteiger partial charge in [-0.05, 0) is 54.8 Å². The van der Waals surface area contributed by atoms with Gasteiger partial charge in [0, 0.05) is 12.2 Å². The van der Waals surface area contributed by atoms with Crippen LogP contribution in [-0.4, -0.2) is 44.1 Å². The van der Waals surface area contributed by atoms with Crippen molar-refractivity contribution in [1.29, 1.82) is 0 Å². The molecule has 186 valence electrons. The van der Waals surface area contributed by atoms with Gasteiger partial charge in [-0.3, -0.25) is 19.4 Å². The maximum atomic E-state index is 13.1. The Labute approximate surface area is 210 Å². The number of anilines is 3. The molecule has 0 bridgehead atoms. The average molecular weight is 487 g/mol. The number of nitrogens with zero attached hydrogens (tertiary/aromatic N) is 2. The number of amides is 4. The Hall–Kier alpha value is -4.33. The van der Waals surface area contributed by atoms with E-state index < -0.39 is 6.03 Å². The summed E-state index contributed by atoms with van der Waals surface area (Å²) in [4.78, 5) is 41.6. The Morgan fingerprint density at radius 3 is 2.31 bits per heavy atom. The zero-order chi connectivity index (χ0) is 25.5. The molecule has 0 unspecified atom stereocenters. The first-order chi connectivity index (χ1) is 17.5.